The summed E-state index contributed by atoms with van der Waals surface area (Å²) in [6.45, 7) is 3.67. The first-order chi connectivity index (χ1) is 14.3. The molecule has 10 heteroatoms. The van der Waals surface area contributed by atoms with Crippen molar-refractivity contribution in [1.82, 2.24) is 14.8 Å². The molecule has 1 aromatic carbocycles. The third-order valence-electron chi connectivity index (χ3n) is 4.78. The largest absolute Gasteiger partial charge is 0.477 e. The van der Waals surface area contributed by atoms with Gasteiger partial charge in [0.15, 0.2) is 12.4 Å². The van der Waals surface area contributed by atoms with E-state index in [9.17, 15) is 26.7 Å². The molecule has 0 N–H and O–H groups in total. The molecule has 1 aromatic heterocycles. The highest BCUT2D eigenvalue weighted by molar-refractivity contribution is 5.77. The lowest BCUT2D eigenvalue weighted by Crippen LogP contribution is -2.38. The zero-order valence-electron chi connectivity index (χ0n) is 16.2. The first-order valence-electron chi connectivity index (χ1n) is 9.34. The molecular weight excluding hydrogens is 409 g/mol. The van der Waals surface area contributed by atoms with Crippen molar-refractivity contribution in [1.29, 1.82) is 0 Å². The van der Waals surface area contributed by atoms with E-state index in [-0.39, 0.29) is 0 Å². The molecule has 0 bridgehead atoms. The summed E-state index contributed by atoms with van der Waals surface area (Å²) in [4.78, 5) is 20.4. The number of hydrogen-bond acceptors (Lipinski definition) is 4. The van der Waals surface area contributed by atoms with Crippen molar-refractivity contribution in [2.75, 3.05) is 32.8 Å². The SMILES string of the molecule is Cc1cccc(CN2CCCN(C(=O)COc3c(F)c(F)c(F)c(F)c3F)CC2)n1. The number of nitrogens with zero attached hydrogens (tertiary/aromatic N) is 3. The summed E-state index contributed by atoms with van der Waals surface area (Å²) in [5.74, 6) is -12.8. The highest BCUT2D eigenvalue weighted by Gasteiger charge is 2.28. The maximum atomic E-state index is 13.7. The van der Waals surface area contributed by atoms with Crippen molar-refractivity contribution in [3.8, 4) is 5.75 Å². The minimum absolute atomic E-state index is 0.338. The molecule has 0 radical (unpaired) electrons. The van der Waals surface area contributed by atoms with Gasteiger partial charge >= 0.3 is 0 Å². The topological polar surface area (TPSA) is 45.7 Å². The summed E-state index contributed by atoms with van der Waals surface area (Å²) in [6.07, 6.45) is 0.653. The van der Waals surface area contributed by atoms with Gasteiger partial charge in [0.1, 0.15) is 0 Å². The summed E-state index contributed by atoms with van der Waals surface area (Å²) in [5.41, 5.74) is 1.81. The van der Waals surface area contributed by atoms with Crippen molar-refractivity contribution in [2.24, 2.45) is 0 Å². The highest BCUT2D eigenvalue weighted by atomic mass is 19.2. The minimum Gasteiger partial charge on any atom is -0.477 e. The predicted octanol–water partition coefficient (Wildman–Crippen LogP) is 3.20. The Hall–Kier alpha value is -2.75. The summed E-state index contributed by atoms with van der Waals surface area (Å²) in [5, 5.41) is 0. The minimum atomic E-state index is -2.28. The molecule has 0 unspecified atom stereocenters. The Morgan fingerprint density at radius 1 is 0.967 bits per heavy atom. The van der Waals surface area contributed by atoms with E-state index in [1.54, 1.807) is 0 Å². The zero-order valence-corrected chi connectivity index (χ0v) is 16.2. The molecule has 2 aromatic rings. The van der Waals surface area contributed by atoms with Gasteiger partial charge in [0, 0.05) is 38.4 Å². The van der Waals surface area contributed by atoms with E-state index in [0.717, 1.165) is 17.9 Å². The third kappa shape index (κ3) is 4.86. The maximum Gasteiger partial charge on any atom is 0.260 e. The molecular formula is C20H20F5N3O2. The summed E-state index contributed by atoms with van der Waals surface area (Å²) < 4.78 is 71.5. The van der Waals surface area contributed by atoms with Gasteiger partial charge in [0.05, 0.1) is 5.69 Å². The number of benzene rings is 1. The number of aromatic nitrogens is 1. The number of halogens is 5. The summed E-state index contributed by atoms with van der Waals surface area (Å²) in [7, 11) is 0. The van der Waals surface area contributed by atoms with Crippen molar-refractivity contribution in [3.63, 3.8) is 0 Å². The van der Waals surface area contributed by atoms with Gasteiger partial charge in [-0.1, -0.05) is 6.07 Å². The number of carbonyl (C=O) groups is 1. The molecule has 1 saturated heterocycles. The third-order valence-corrected chi connectivity index (χ3v) is 4.78. The van der Waals surface area contributed by atoms with Gasteiger partial charge < -0.3 is 9.64 Å². The van der Waals surface area contributed by atoms with Crippen molar-refractivity contribution in [3.05, 3.63) is 58.7 Å². The fourth-order valence-electron chi connectivity index (χ4n) is 3.23. The Balaban J connectivity index is 1.58. The van der Waals surface area contributed by atoms with Crippen LogP contribution in [0.2, 0.25) is 0 Å². The number of hydrogen-bond donors (Lipinski definition) is 0. The Kier molecular flexibility index (Phi) is 6.86. The van der Waals surface area contributed by atoms with Crippen LogP contribution in [-0.2, 0) is 11.3 Å². The number of ether oxygens (including phenoxy) is 1. The number of amides is 1. The number of rotatable bonds is 5. The lowest BCUT2D eigenvalue weighted by Gasteiger charge is -2.22. The van der Waals surface area contributed by atoms with Crippen molar-refractivity contribution < 1.29 is 31.5 Å². The second kappa shape index (κ2) is 9.38. The fraction of sp³-hybridized carbons (Fsp3) is 0.400. The smallest absolute Gasteiger partial charge is 0.260 e. The monoisotopic (exact) mass is 429 g/mol. The van der Waals surface area contributed by atoms with Crippen LogP contribution >= 0.6 is 0 Å². The summed E-state index contributed by atoms with van der Waals surface area (Å²) in [6, 6.07) is 5.73. The fourth-order valence-corrected chi connectivity index (χ4v) is 3.23. The lowest BCUT2D eigenvalue weighted by molar-refractivity contribution is -0.133. The first-order valence-corrected chi connectivity index (χ1v) is 9.34. The maximum absolute atomic E-state index is 13.7. The standard InChI is InChI=1S/C20H20F5N3O2/c1-12-4-2-5-13(26-12)10-27-6-3-7-28(9-8-27)14(29)11-30-20-18(24)16(22)15(21)17(23)19(20)25/h2,4-5H,3,6-11H2,1H3. The van der Waals surface area contributed by atoms with Gasteiger partial charge in [0.25, 0.3) is 5.91 Å². The van der Waals surface area contributed by atoms with Crippen molar-refractivity contribution >= 4 is 5.91 Å². The van der Waals surface area contributed by atoms with Crippen LogP contribution in [0.1, 0.15) is 17.8 Å². The van der Waals surface area contributed by atoms with E-state index in [1.807, 2.05) is 25.1 Å². The second-order valence-corrected chi connectivity index (χ2v) is 6.97. The quantitative estimate of drug-likeness (QED) is 0.416. The molecule has 1 fully saturated rings. The lowest BCUT2D eigenvalue weighted by atomic mass is 10.2. The zero-order chi connectivity index (χ0) is 21.8. The molecule has 0 saturated carbocycles. The van der Waals surface area contributed by atoms with Crippen LogP contribution in [0, 0.1) is 36.0 Å². The van der Waals surface area contributed by atoms with Gasteiger partial charge in [-0.3, -0.25) is 14.7 Å². The van der Waals surface area contributed by atoms with Gasteiger partial charge in [-0.25, -0.2) is 13.2 Å². The normalized spacial score (nSPS) is 15.2. The van der Waals surface area contributed by atoms with Crippen molar-refractivity contribution in [2.45, 2.75) is 19.9 Å². The predicted molar refractivity (Wildman–Crippen MR) is 97.2 cm³/mol. The second-order valence-electron chi connectivity index (χ2n) is 6.97. The van der Waals surface area contributed by atoms with Gasteiger partial charge in [0.2, 0.25) is 29.1 Å². The van der Waals surface area contributed by atoms with E-state index < -0.39 is 47.3 Å². The van der Waals surface area contributed by atoms with E-state index >= 15 is 0 Å². The Labute approximate surface area is 170 Å². The van der Waals surface area contributed by atoms with E-state index in [4.69, 9.17) is 0 Å². The molecule has 0 aliphatic carbocycles. The average Bonchev–Trinajstić information content (AvgIpc) is 2.96. The highest BCUT2D eigenvalue weighted by Crippen LogP contribution is 2.29. The van der Waals surface area contributed by atoms with Crippen LogP contribution in [-0.4, -0.2) is 53.5 Å². The molecule has 30 heavy (non-hydrogen) atoms. The molecule has 5 nitrogen and oxygen atoms in total. The van der Waals surface area contributed by atoms with Crippen LogP contribution in [0.25, 0.3) is 0 Å². The molecule has 3 rings (SSSR count). The molecule has 0 atom stereocenters. The van der Waals surface area contributed by atoms with E-state index in [0.29, 0.717) is 32.6 Å². The molecule has 0 spiro atoms. The molecule has 1 aliphatic heterocycles. The molecule has 1 aliphatic rings. The molecule has 2 heterocycles. The average molecular weight is 429 g/mol. The Morgan fingerprint density at radius 2 is 1.63 bits per heavy atom. The van der Waals surface area contributed by atoms with Crippen LogP contribution < -0.4 is 4.74 Å². The first kappa shape index (κ1) is 21.9. The van der Waals surface area contributed by atoms with E-state index in [2.05, 4.69) is 14.6 Å². The van der Waals surface area contributed by atoms with Crippen LogP contribution in [0.3, 0.4) is 0 Å². The van der Waals surface area contributed by atoms with Crippen LogP contribution in [0.4, 0.5) is 22.0 Å². The summed E-state index contributed by atoms with van der Waals surface area (Å²) >= 11 is 0. The number of pyridine rings is 1. The molecule has 162 valence electrons. The van der Waals surface area contributed by atoms with Gasteiger partial charge in [-0.05, 0) is 25.5 Å². The number of aryl methyl sites for hydroxylation is 1. The molecule has 1 amide bonds. The van der Waals surface area contributed by atoms with E-state index in [1.165, 1.54) is 4.90 Å². The Morgan fingerprint density at radius 3 is 2.30 bits per heavy atom. The number of carbonyl (C=O) groups excluding carboxylic acids is 1. The van der Waals surface area contributed by atoms with Gasteiger partial charge in [-0.15, -0.1) is 0 Å². The van der Waals surface area contributed by atoms with Crippen LogP contribution in [0.5, 0.6) is 5.75 Å². The van der Waals surface area contributed by atoms with Crippen LogP contribution in [0.15, 0.2) is 18.2 Å². The Bertz CT molecular complexity index is 912. The van der Waals surface area contributed by atoms with Gasteiger partial charge in [-0.2, -0.15) is 8.78 Å².